The fourth-order valence-electron chi connectivity index (χ4n) is 1.55. The smallest absolute Gasteiger partial charge is 0.395 e. The van der Waals surface area contributed by atoms with E-state index >= 15 is 0 Å². The van der Waals surface area contributed by atoms with Crippen molar-refractivity contribution in [1.29, 1.82) is 0 Å². The Kier molecular flexibility index (Phi) is 5.97. The summed E-state index contributed by atoms with van der Waals surface area (Å²) in [6.45, 7) is 1.12. The van der Waals surface area contributed by atoms with Crippen molar-refractivity contribution in [2.45, 2.75) is 19.6 Å². The molecular formula is C11H17F3N4O. The van der Waals surface area contributed by atoms with E-state index in [-0.39, 0.29) is 19.7 Å². The van der Waals surface area contributed by atoms with Gasteiger partial charge in [-0.1, -0.05) is 0 Å². The van der Waals surface area contributed by atoms with Crippen molar-refractivity contribution in [3.05, 3.63) is 18.1 Å². The number of aromatic nitrogens is 2. The summed E-state index contributed by atoms with van der Waals surface area (Å²) in [4.78, 5) is 9.15. The van der Waals surface area contributed by atoms with Crippen molar-refractivity contribution in [3.63, 3.8) is 0 Å². The number of anilines is 1. The van der Waals surface area contributed by atoms with Gasteiger partial charge in [-0.2, -0.15) is 13.2 Å². The zero-order chi connectivity index (χ0) is 14.3. The van der Waals surface area contributed by atoms with Crippen LogP contribution < -0.4 is 5.32 Å². The summed E-state index contributed by atoms with van der Waals surface area (Å²) >= 11 is 0. The minimum atomic E-state index is -4.30. The summed E-state index contributed by atoms with van der Waals surface area (Å²) in [6.07, 6.45) is -1.39. The van der Waals surface area contributed by atoms with Gasteiger partial charge in [0, 0.05) is 19.6 Å². The van der Waals surface area contributed by atoms with Gasteiger partial charge in [-0.15, -0.1) is 0 Å². The summed E-state index contributed by atoms with van der Waals surface area (Å²) in [7, 11) is 0. The number of alkyl halides is 3. The molecule has 2 N–H and O–H groups in total. The first kappa shape index (κ1) is 15.6. The van der Waals surface area contributed by atoms with Crippen molar-refractivity contribution < 1.29 is 18.3 Å². The lowest BCUT2D eigenvalue weighted by Crippen LogP contribution is -2.36. The molecule has 0 unspecified atom stereocenters. The maximum Gasteiger partial charge on any atom is 0.401 e. The molecule has 0 atom stereocenters. The van der Waals surface area contributed by atoms with E-state index in [2.05, 4.69) is 15.3 Å². The van der Waals surface area contributed by atoms with Crippen molar-refractivity contribution in [1.82, 2.24) is 14.9 Å². The summed E-state index contributed by atoms with van der Waals surface area (Å²) in [5.41, 5.74) is 0.430. The van der Waals surface area contributed by atoms with Crippen LogP contribution in [-0.4, -0.2) is 52.4 Å². The van der Waals surface area contributed by atoms with Crippen LogP contribution in [0.5, 0.6) is 0 Å². The fraction of sp³-hybridized carbons (Fsp3) is 0.636. The van der Waals surface area contributed by atoms with Crippen LogP contribution in [-0.2, 0) is 6.54 Å². The van der Waals surface area contributed by atoms with E-state index in [1.807, 2.05) is 6.92 Å². The quantitative estimate of drug-likeness (QED) is 0.786. The number of aliphatic hydroxyl groups excluding tert-OH is 1. The first-order valence-electron chi connectivity index (χ1n) is 5.89. The second-order valence-corrected chi connectivity index (χ2v) is 3.97. The van der Waals surface area contributed by atoms with Gasteiger partial charge >= 0.3 is 6.18 Å². The molecule has 19 heavy (non-hydrogen) atoms. The molecule has 1 aromatic heterocycles. The van der Waals surface area contributed by atoms with Crippen LogP contribution in [0.25, 0.3) is 0 Å². The van der Waals surface area contributed by atoms with Crippen molar-refractivity contribution >= 4 is 5.82 Å². The molecule has 0 radical (unpaired) electrons. The third-order valence-corrected chi connectivity index (χ3v) is 2.27. The Morgan fingerprint density at radius 3 is 2.53 bits per heavy atom. The summed E-state index contributed by atoms with van der Waals surface area (Å²) < 4.78 is 37.0. The normalized spacial score (nSPS) is 11.9. The lowest BCUT2D eigenvalue weighted by Gasteiger charge is -2.22. The molecule has 0 spiro atoms. The van der Waals surface area contributed by atoms with E-state index in [9.17, 15) is 13.2 Å². The van der Waals surface area contributed by atoms with Gasteiger partial charge in [-0.05, 0) is 6.92 Å². The Morgan fingerprint density at radius 2 is 2.05 bits per heavy atom. The van der Waals surface area contributed by atoms with E-state index < -0.39 is 12.7 Å². The molecule has 0 bridgehead atoms. The van der Waals surface area contributed by atoms with Gasteiger partial charge < -0.3 is 10.4 Å². The van der Waals surface area contributed by atoms with E-state index in [1.165, 1.54) is 12.4 Å². The summed E-state index contributed by atoms with van der Waals surface area (Å²) in [5, 5.41) is 11.7. The summed E-state index contributed by atoms with van der Waals surface area (Å²) in [6, 6.07) is 0. The molecule has 0 aliphatic carbocycles. The van der Waals surface area contributed by atoms with E-state index in [4.69, 9.17) is 5.11 Å². The maximum atomic E-state index is 12.3. The molecule has 5 nitrogen and oxygen atoms in total. The second kappa shape index (κ2) is 7.25. The van der Waals surface area contributed by atoms with Gasteiger partial charge in [-0.25, -0.2) is 4.98 Å². The van der Waals surface area contributed by atoms with Gasteiger partial charge in [0.05, 0.1) is 31.2 Å². The number of halogens is 3. The number of hydrogen-bond donors (Lipinski definition) is 2. The average Bonchev–Trinajstić information content (AvgIpc) is 2.30. The molecule has 1 rings (SSSR count). The van der Waals surface area contributed by atoms with Gasteiger partial charge in [0.2, 0.25) is 0 Å². The highest BCUT2D eigenvalue weighted by molar-refractivity contribution is 5.30. The predicted molar refractivity (Wildman–Crippen MR) is 64.6 cm³/mol. The molecule has 0 saturated heterocycles. The Labute approximate surface area is 109 Å². The summed E-state index contributed by atoms with van der Waals surface area (Å²) in [5.74, 6) is 0.579. The van der Waals surface area contributed by atoms with Crippen molar-refractivity contribution in [2.24, 2.45) is 0 Å². The third kappa shape index (κ3) is 6.35. The molecule has 0 aliphatic heterocycles. The zero-order valence-corrected chi connectivity index (χ0v) is 10.6. The topological polar surface area (TPSA) is 61.3 Å². The van der Waals surface area contributed by atoms with E-state index in [0.29, 0.717) is 18.1 Å². The molecule has 0 amide bonds. The number of hydrogen-bond acceptors (Lipinski definition) is 5. The van der Waals surface area contributed by atoms with Crippen LogP contribution >= 0.6 is 0 Å². The molecule has 0 aromatic carbocycles. The Balaban J connectivity index is 2.62. The van der Waals surface area contributed by atoms with Crippen LogP contribution in [0.4, 0.5) is 19.0 Å². The molecule has 0 aliphatic rings. The SMILES string of the molecule is CCNc1cnc(CN(CCO)CC(F)(F)F)cn1. The van der Waals surface area contributed by atoms with Crippen LogP contribution in [0, 0.1) is 0 Å². The predicted octanol–water partition coefficient (Wildman–Crippen LogP) is 1.26. The Bertz CT molecular complexity index is 369. The van der Waals surface area contributed by atoms with Gasteiger partial charge in [0.1, 0.15) is 5.82 Å². The lowest BCUT2D eigenvalue weighted by molar-refractivity contribution is -0.148. The maximum absolute atomic E-state index is 12.3. The van der Waals surface area contributed by atoms with Crippen LogP contribution in [0.15, 0.2) is 12.4 Å². The minimum absolute atomic E-state index is 0.000521. The highest BCUT2D eigenvalue weighted by Gasteiger charge is 2.30. The van der Waals surface area contributed by atoms with E-state index in [0.717, 1.165) is 4.90 Å². The Hall–Kier alpha value is -1.41. The molecule has 0 fully saturated rings. The zero-order valence-electron chi connectivity index (χ0n) is 10.6. The van der Waals surface area contributed by atoms with Crippen molar-refractivity contribution in [2.75, 3.05) is 31.6 Å². The average molecular weight is 278 g/mol. The Morgan fingerprint density at radius 1 is 1.32 bits per heavy atom. The standard InChI is InChI=1S/C11H17F3N4O/c1-2-15-10-6-16-9(5-17-10)7-18(3-4-19)8-11(12,13)14/h5-6,19H,2-4,7-8H2,1H3,(H,15,17). The van der Waals surface area contributed by atoms with Gasteiger partial charge in [0.25, 0.3) is 0 Å². The largest absolute Gasteiger partial charge is 0.401 e. The van der Waals surface area contributed by atoms with E-state index in [1.54, 1.807) is 0 Å². The molecule has 1 heterocycles. The van der Waals surface area contributed by atoms with Crippen LogP contribution in [0.2, 0.25) is 0 Å². The molecule has 8 heteroatoms. The first-order valence-corrected chi connectivity index (χ1v) is 5.89. The van der Waals surface area contributed by atoms with Crippen LogP contribution in [0.1, 0.15) is 12.6 Å². The monoisotopic (exact) mass is 278 g/mol. The number of rotatable bonds is 7. The number of nitrogens with one attached hydrogen (secondary N) is 1. The second-order valence-electron chi connectivity index (χ2n) is 3.97. The highest BCUT2D eigenvalue weighted by Crippen LogP contribution is 2.17. The van der Waals surface area contributed by atoms with Crippen molar-refractivity contribution in [3.8, 4) is 0 Å². The molecular weight excluding hydrogens is 261 g/mol. The number of aliphatic hydroxyl groups is 1. The molecule has 108 valence electrons. The highest BCUT2D eigenvalue weighted by atomic mass is 19.4. The minimum Gasteiger partial charge on any atom is -0.395 e. The first-order chi connectivity index (χ1) is 8.94. The fourth-order valence-corrected chi connectivity index (χ4v) is 1.55. The molecule has 1 aromatic rings. The van der Waals surface area contributed by atoms with Crippen LogP contribution in [0.3, 0.4) is 0 Å². The van der Waals surface area contributed by atoms with Gasteiger partial charge in [-0.3, -0.25) is 9.88 Å². The third-order valence-electron chi connectivity index (χ3n) is 2.27. The lowest BCUT2D eigenvalue weighted by atomic mass is 10.3. The molecule has 0 saturated carbocycles. The number of nitrogens with zero attached hydrogens (tertiary/aromatic N) is 3. The van der Waals surface area contributed by atoms with Gasteiger partial charge in [0.15, 0.2) is 0 Å².